The van der Waals surface area contributed by atoms with E-state index in [2.05, 4.69) is 25.7 Å². The van der Waals surface area contributed by atoms with Crippen molar-refractivity contribution in [2.24, 2.45) is 5.92 Å². The number of carbonyl (C=O) groups is 1. The molecule has 1 aromatic carbocycles. The fraction of sp³-hybridized carbons (Fsp3) is 0.400. The van der Waals surface area contributed by atoms with E-state index in [4.69, 9.17) is 4.74 Å². The molecule has 1 N–H and O–H groups in total. The van der Waals surface area contributed by atoms with E-state index in [0.29, 0.717) is 5.92 Å². The molecule has 0 aromatic heterocycles. The van der Waals surface area contributed by atoms with Crippen LogP contribution in [0, 0.1) is 5.92 Å². The molecule has 0 spiro atoms. The van der Waals surface area contributed by atoms with Crippen LogP contribution < -0.4 is 5.32 Å². The average Bonchev–Trinajstić information content (AvgIpc) is 2.36. The van der Waals surface area contributed by atoms with Gasteiger partial charge in [-0.2, -0.15) is 0 Å². The number of benzene rings is 1. The van der Waals surface area contributed by atoms with Crippen molar-refractivity contribution in [1.29, 1.82) is 0 Å². The fourth-order valence-corrected chi connectivity index (χ4v) is 1.64. The van der Waals surface area contributed by atoms with Crippen LogP contribution in [0.2, 0.25) is 0 Å². The zero-order valence-corrected chi connectivity index (χ0v) is 11.1. The van der Waals surface area contributed by atoms with E-state index in [1.165, 1.54) is 0 Å². The number of ether oxygens (including phenoxy) is 1. The van der Waals surface area contributed by atoms with Crippen LogP contribution in [0.4, 0.5) is 4.79 Å². The third-order valence-corrected chi connectivity index (χ3v) is 2.53. The van der Waals surface area contributed by atoms with Gasteiger partial charge in [-0.1, -0.05) is 50.3 Å². The number of carbonyl (C=O) groups excluding carboxylic acids is 1. The maximum atomic E-state index is 11.6. The molecule has 3 heteroatoms. The Morgan fingerprint density at radius 1 is 1.39 bits per heavy atom. The third kappa shape index (κ3) is 5.53. The van der Waals surface area contributed by atoms with Crippen LogP contribution in [0.15, 0.2) is 43.0 Å². The van der Waals surface area contributed by atoms with E-state index < -0.39 is 6.09 Å². The first-order chi connectivity index (χ1) is 8.61. The van der Waals surface area contributed by atoms with Crippen LogP contribution in [-0.4, -0.2) is 12.1 Å². The Hall–Kier alpha value is -1.77. The van der Waals surface area contributed by atoms with Crippen molar-refractivity contribution in [2.45, 2.75) is 32.9 Å². The van der Waals surface area contributed by atoms with Crippen LogP contribution in [0.25, 0.3) is 0 Å². The van der Waals surface area contributed by atoms with Gasteiger partial charge in [0.1, 0.15) is 6.61 Å². The second-order valence-electron chi connectivity index (χ2n) is 4.68. The Morgan fingerprint density at radius 2 is 2.06 bits per heavy atom. The van der Waals surface area contributed by atoms with Gasteiger partial charge in [-0.05, 0) is 17.9 Å². The average molecular weight is 247 g/mol. The minimum atomic E-state index is -0.399. The topological polar surface area (TPSA) is 38.3 Å². The van der Waals surface area contributed by atoms with Crippen molar-refractivity contribution in [3.63, 3.8) is 0 Å². The summed E-state index contributed by atoms with van der Waals surface area (Å²) in [4.78, 5) is 11.6. The molecule has 0 bridgehead atoms. The van der Waals surface area contributed by atoms with Crippen LogP contribution in [-0.2, 0) is 11.3 Å². The molecule has 0 aliphatic rings. The first-order valence-electron chi connectivity index (χ1n) is 6.21. The summed E-state index contributed by atoms with van der Waals surface area (Å²) in [7, 11) is 0. The van der Waals surface area contributed by atoms with Gasteiger partial charge in [0.25, 0.3) is 0 Å². The predicted molar refractivity (Wildman–Crippen MR) is 73.2 cm³/mol. The smallest absolute Gasteiger partial charge is 0.407 e. The third-order valence-electron chi connectivity index (χ3n) is 2.53. The Balaban J connectivity index is 2.34. The quantitative estimate of drug-likeness (QED) is 0.781. The zero-order chi connectivity index (χ0) is 13.4. The second kappa shape index (κ2) is 7.54. The van der Waals surface area contributed by atoms with Crippen molar-refractivity contribution < 1.29 is 9.53 Å². The van der Waals surface area contributed by atoms with E-state index in [9.17, 15) is 4.79 Å². The van der Waals surface area contributed by atoms with Crippen molar-refractivity contribution in [2.75, 3.05) is 0 Å². The lowest BCUT2D eigenvalue weighted by atomic mass is 10.0. The van der Waals surface area contributed by atoms with Crippen molar-refractivity contribution >= 4 is 6.09 Å². The molecule has 0 saturated carbocycles. The van der Waals surface area contributed by atoms with Gasteiger partial charge >= 0.3 is 6.09 Å². The van der Waals surface area contributed by atoms with Gasteiger partial charge in [-0.3, -0.25) is 0 Å². The zero-order valence-electron chi connectivity index (χ0n) is 11.1. The van der Waals surface area contributed by atoms with E-state index in [-0.39, 0.29) is 12.6 Å². The van der Waals surface area contributed by atoms with Gasteiger partial charge in [0, 0.05) is 0 Å². The minimum Gasteiger partial charge on any atom is -0.445 e. The Labute approximate surface area is 109 Å². The Morgan fingerprint density at radius 3 is 2.61 bits per heavy atom. The molecule has 0 heterocycles. The number of rotatable bonds is 6. The monoisotopic (exact) mass is 247 g/mol. The first-order valence-corrected chi connectivity index (χ1v) is 6.21. The normalized spacial score (nSPS) is 11.9. The highest BCUT2D eigenvalue weighted by molar-refractivity contribution is 5.67. The van der Waals surface area contributed by atoms with Crippen LogP contribution in [0.1, 0.15) is 25.8 Å². The standard InChI is InChI=1S/C15H21NO2/c1-4-14(10-12(2)3)16-15(17)18-11-13-8-6-5-7-9-13/h4-9,12,14H,1,10-11H2,2-3H3,(H,16,17)/t14-/m1/s1. The van der Waals surface area contributed by atoms with Gasteiger partial charge in [0.05, 0.1) is 6.04 Å². The van der Waals surface area contributed by atoms with Gasteiger partial charge in [0.15, 0.2) is 0 Å². The summed E-state index contributed by atoms with van der Waals surface area (Å²) in [5.74, 6) is 0.502. The molecular weight excluding hydrogens is 226 g/mol. The number of hydrogen-bond acceptors (Lipinski definition) is 2. The SMILES string of the molecule is C=C[C@H](CC(C)C)NC(=O)OCc1ccccc1. The molecule has 0 fully saturated rings. The highest BCUT2D eigenvalue weighted by Crippen LogP contribution is 2.06. The Kier molecular flexibility index (Phi) is 5.98. The highest BCUT2D eigenvalue weighted by Gasteiger charge is 2.11. The summed E-state index contributed by atoms with van der Waals surface area (Å²) in [6.07, 6.45) is 2.21. The van der Waals surface area contributed by atoms with Crippen molar-refractivity contribution in [3.05, 3.63) is 48.6 Å². The van der Waals surface area contributed by atoms with E-state index >= 15 is 0 Å². The molecule has 0 aliphatic carbocycles. The van der Waals surface area contributed by atoms with Crippen LogP contribution in [0.5, 0.6) is 0 Å². The molecular formula is C15H21NO2. The minimum absolute atomic E-state index is 0.0340. The predicted octanol–water partition coefficient (Wildman–Crippen LogP) is 3.51. The maximum Gasteiger partial charge on any atom is 0.407 e. The molecule has 18 heavy (non-hydrogen) atoms. The summed E-state index contributed by atoms with van der Waals surface area (Å²) in [6, 6.07) is 9.58. The van der Waals surface area contributed by atoms with Crippen LogP contribution >= 0.6 is 0 Å². The molecule has 1 amide bonds. The second-order valence-corrected chi connectivity index (χ2v) is 4.68. The largest absolute Gasteiger partial charge is 0.445 e. The molecule has 1 rings (SSSR count). The lowest BCUT2D eigenvalue weighted by Gasteiger charge is -2.16. The van der Waals surface area contributed by atoms with E-state index in [1.807, 2.05) is 30.3 Å². The maximum absolute atomic E-state index is 11.6. The fourth-order valence-electron chi connectivity index (χ4n) is 1.64. The molecule has 98 valence electrons. The lowest BCUT2D eigenvalue weighted by molar-refractivity contribution is 0.136. The number of hydrogen-bond donors (Lipinski definition) is 1. The van der Waals surface area contributed by atoms with Crippen molar-refractivity contribution in [1.82, 2.24) is 5.32 Å². The highest BCUT2D eigenvalue weighted by atomic mass is 16.5. The number of nitrogens with one attached hydrogen (secondary N) is 1. The van der Waals surface area contributed by atoms with Gasteiger partial charge in [-0.15, -0.1) is 6.58 Å². The first kappa shape index (κ1) is 14.3. The molecule has 1 aromatic rings. The van der Waals surface area contributed by atoms with E-state index in [0.717, 1.165) is 12.0 Å². The number of alkyl carbamates (subject to hydrolysis) is 1. The van der Waals surface area contributed by atoms with Gasteiger partial charge in [-0.25, -0.2) is 4.79 Å². The van der Waals surface area contributed by atoms with Gasteiger partial charge in [0.2, 0.25) is 0 Å². The molecule has 0 saturated heterocycles. The molecule has 1 atom stereocenters. The molecule has 0 aliphatic heterocycles. The number of amides is 1. The molecule has 3 nitrogen and oxygen atoms in total. The summed E-state index contributed by atoms with van der Waals surface area (Å²) in [5.41, 5.74) is 0.978. The van der Waals surface area contributed by atoms with Crippen LogP contribution in [0.3, 0.4) is 0 Å². The van der Waals surface area contributed by atoms with Crippen molar-refractivity contribution in [3.8, 4) is 0 Å². The summed E-state index contributed by atoms with van der Waals surface area (Å²) >= 11 is 0. The summed E-state index contributed by atoms with van der Waals surface area (Å²) < 4.78 is 5.14. The molecule has 0 radical (unpaired) electrons. The lowest BCUT2D eigenvalue weighted by Crippen LogP contribution is -2.34. The summed E-state index contributed by atoms with van der Waals surface area (Å²) in [5, 5.41) is 2.79. The van der Waals surface area contributed by atoms with E-state index in [1.54, 1.807) is 6.08 Å². The molecule has 0 unspecified atom stereocenters. The summed E-state index contributed by atoms with van der Waals surface area (Å²) in [6.45, 7) is 8.21. The van der Waals surface area contributed by atoms with Gasteiger partial charge < -0.3 is 10.1 Å². The Bertz CT molecular complexity index is 373.